The minimum Gasteiger partial charge on any atom is -0.422 e. The van der Waals surface area contributed by atoms with Gasteiger partial charge >= 0.3 is 5.63 Å². The lowest BCUT2D eigenvalue weighted by molar-refractivity contribution is 0.102. The molecule has 2 aromatic heterocycles. The first kappa shape index (κ1) is 15.0. The van der Waals surface area contributed by atoms with E-state index in [9.17, 15) is 9.59 Å². The lowest BCUT2D eigenvalue weighted by atomic mass is 10.2. The molecule has 1 N–H and O–H groups in total. The number of rotatable bonds is 3. The zero-order valence-corrected chi connectivity index (χ0v) is 13.3. The van der Waals surface area contributed by atoms with Crippen molar-refractivity contribution in [3.8, 4) is 0 Å². The van der Waals surface area contributed by atoms with Gasteiger partial charge in [-0.25, -0.2) is 4.79 Å². The van der Waals surface area contributed by atoms with Gasteiger partial charge in [0.1, 0.15) is 22.3 Å². The molecule has 0 saturated carbocycles. The lowest BCUT2D eigenvalue weighted by Gasteiger charge is -2.03. The average Bonchev–Trinajstić information content (AvgIpc) is 3.25. The number of aromatic nitrogens is 2. The Balaban J connectivity index is 1.58. The maximum atomic E-state index is 12.3. The Morgan fingerprint density at radius 3 is 3.00 bits per heavy atom. The van der Waals surface area contributed by atoms with Crippen LogP contribution in [0.4, 0.5) is 5.13 Å². The van der Waals surface area contributed by atoms with Crippen LogP contribution in [0.1, 0.15) is 34.3 Å². The minimum absolute atomic E-state index is 0.0566. The summed E-state index contributed by atoms with van der Waals surface area (Å²) in [6.07, 6.45) is 1.83. The minimum atomic E-state index is -0.685. The molecule has 1 amide bonds. The van der Waals surface area contributed by atoms with Crippen LogP contribution in [0.15, 0.2) is 39.5 Å². The van der Waals surface area contributed by atoms with Crippen LogP contribution in [0.3, 0.4) is 0 Å². The van der Waals surface area contributed by atoms with E-state index in [-0.39, 0.29) is 11.7 Å². The van der Waals surface area contributed by atoms with E-state index in [1.54, 1.807) is 18.2 Å². The van der Waals surface area contributed by atoms with E-state index in [1.807, 2.05) is 6.07 Å². The third-order valence-corrected chi connectivity index (χ3v) is 4.68. The summed E-state index contributed by atoms with van der Waals surface area (Å²) in [5, 5.41) is 12.3. The molecule has 1 unspecified atom stereocenters. The molecular weight excluding hydrogens is 330 g/mol. The fraction of sp³-hybridized carbons (Fsp3) is 0.250. The number of amides is 1. The highest BCUT2D eigenvalue weighted by Gasteiger charge is 2.23. The van der Waals surface area contributed by atoms with E-state index in [0.29, 0.717) is 22.7 Å². The molecule has 3 aromatic rings. The van der Waals surface area contributed by atoms with Crippen molar-refractivity contribution in [2.45, 2.75) is 18.9 Å². The third kappa shape index (κ3) is 2.81. The maximum Gasteiger partial charge on any atom is 0.349 e. The molecule has 0 bridgehead atoms. The number of para-hydroxylation sites is 1. The van der Waals surface area contributed by atoms with Crippen LogP contribution >= 0.6 is 11.3 Å². The van der Waals surface area contributed by atoms with Gasteiger partial charge in [0, 0.05) is 12.0 Å². The molecule has 1 aromatic carbocycles. The number of benzene rings is 1. The number of hydrogen-bond acceptors (Lipinski definition) is 7. The summed E-state index contributed by atoms with van der Waals surface area (Å²) in [7, 11) is 0. The van der Waals surface area contributed by atoms with Crippen molar-refractivity contribution in [3.63, 3.8) is 0 Å². The van der Waals surface area contributed by atoms with Gasteiger partial charge in [-0.05, 0) is 25.0 Å². The highest BCUT2D eigenvalue weighted by atomic mass is 32.1. The predicted molar refractivity (Wildman–Crippen MR) is 88.3 cm³/mol. The monoisotopic (exact) mass is 343 g/mol. The number of nitrogens with one attached hydrogen (secondary N) is 1. The Hall–Kier alpha value is -2.58. The van der Waals surface area contributed by atoms with Crippen LogP contribution in [0.5, 0.6) is 0 Å². The van der Waals surface area contributed by atoms with Gasteiger partial charge in [-0.15, -0.1) is 10.2 Å². The Morgan fingerprint density at radius 1 is 1.29 bits per heavy atom. The molecule has 24 heavy (non-hydrogen) atoms. The molecule has 8 heteroatoms. The van der Waals surface area contributed by atoms with Gasteiger partial charge in [0.15, 0.2) is 0 Å². The molecule has 1 aliphatic heterocycles. The second-order valence-electron chi connectivity index (χ2n) is 5.39. The number of hydrogen-bond donors (Lipinski definition) is 1. The van der Waals surface area contributed by atoms with Gasteiger partial charge in [0.05, 0.1) is 0 Å². The van der Waals surface area contributed by atoms with Crippen LogP contribution in [0, 0.1) is 0 Å². The molecule has 1 fully saturated rings. The topological polar surface area (TPSA) is 94.3 Å². The summed E-state index contributed by atoms with van der Waals surface area (Å²) in [6.45, 7) is 0.712. The van der Waals surface area contributed by atoms with Crippen LogP contribution in [0.25, 0.3) is 11.0 Å². The number of anilines is 1. The van der Waals surface area contributed by atoms with Crippen LogP contribution in [-0.2, 0) is 4.74 Å². The summed E-state index contributed by atoms with van der Waals surface area (Å²) < 4.78 is 10.7. The lowest BCUT2D eigenvalue weighted by Crippen LogP contribution is -2.20. The van der Waals surface area contributed by atoms with Crippen molar-refractivity contribution >= 4 is 33.3 Å². The molecule has 1 saturated heterocycles. The van der Waals surface area contributed by atoms with Crippen LogP contribution in [0.2, 0.25) is 0 Å². The normalized spacial score (nSPS) is 17.2. The van der Waals surface area contributed by atoms with Gasteiger partial charge in [0.25, 0.3) is 5.91 Å². The van der Waals surface area contributed by atoms with Crippen molar-refractivity contribution in [1.29, 1.82) is 0 Å². The Bertz CT molecular complexity index is 959. The second kappa shape index (κ2) is 6.14. The zero-order chi connectivity index (χ0) is 16.5. The van der Waals surface area contributed by atoms with Gasteiger partial charge in [-0.2, -0.15) is 0 Å². The van der Waals surface area contributed by atoms with Crippen molar-refractivity contribution < 1.29 is 13.9 Å². The standard InChI is InChI=1S/C16H13N3O4S/c20-13(10-8-9-4-1-2-5-11(9)23-15(10)21)17-16-19-18-14(24-16)12-6-3-7-22-12/h1-2,4-5,8,12H,3,6-7H2,(H,17,19,20). The third-order valence-electron chi connectivity index (χ3n) is 3.75. The number of ether oxygens (including phenoxy) is 1. The van der Waals surface area contributed by atoms with Crippen molar-refractivity contribution in [2.75, 3.05) is 11.9 Å². The van der Waals surface area contributed by atoms with E-state index in [0.717, 1.165) is 17.8 Å². The largest absolute Gasteiger partial charge is 0.422 e. The summed E-state index contributed by atoms with van der Waals surface area (Å²) in [5.74, 6) is -0.565. The molecule has 7 nitrogen and oxygen atoms in total. The second-order valence-corrected chi connectivity index (χ2v) is 6.40. The Morgan fingerprint density at radius 2 is 2.17 bits per heavy atom. The molecule has 1 aliphatic rings. The van der Waals surface area contributed by atoms with Gasteiger partial charge in [-0.3, -0.25) is 10.1 Å². The van der Waals surface area contributed by atoms with Crippen molar-refractivity contribution in [3.05, 3.63) is 51.3 Å². The maximum absolute atomic E-state index is 12.3. The Kier molecular flexibility index (Phi) is 3.83. The van der Waals surface area contributed by atoms with E-state index in [4.69, 9.17) is 9.15 Å². The molecule has 0 radical (unpaired) electrons. The number of fused-ring (bicyclic) bond motifs is 1. The van der Waals surface area contributed by atoms with Gasteiger partial charge in [-0.1, -0.05) is 29.5 Å². The molecule has 122 valence electrons. The highest BCUT2D eigenvalue weighted by Crippen LogP contribution is 2.31. The zero-order valence-electron chi connectivity index (χ0n) is 12.5. The highest BCUT2D eigenvalue weighted by molar-refractivity contribution is 7.15. The molecule has 1 atom stereocenters. The first-order valence-corrected chi connectivity index (χ1v) is 8.31. The molecular formula is C16H13N3O4S. The summed E-state index contributed by atoms with van der Waals surface area (Å²) in [5.41, 5.74) is -0.312. The van der Waals surface area contributed by atoms with Crippen molar-refractivity contribution in [2.24, 2.45) is 0 Å². The number of nitrogens with zero attached hydrogens (tertiary/aromatic N) is 2. The van der Waals surface area contributed by atoms with E-state index in [2.05, 4.69) is 15.5 Å². The predicted octanol–water partition coefficient (Wildman–Crippen LogP) is 2.75. The molecule has 4 rings (SSSR count). The fourth-order valence-electron chi connectivity index (χ4n) is 2.57. The fourth-order valence-corrected chi connectivity index (χ4v) is 3.39. The first-order chi connectivity index (χ1) is 11.7. The molecule has 3 heterocycles. The first-order valence-electron chi connectivity index (χ1n) is 7.50. The van der Waals surface area contributed by atoms with Crippen LogP contribution in [-0.4, -0.2) is 22.7 Å². The van der Waals surface area contributed by atoms with Gasteiger partial charge < -0.3 is 9.15 Å². The van der Waals surface area contributed by atoms with Gasteiger partial charge in [0.2, 0.25) is 5.13 Å². The van der Waals surface area contributed by atoms with E-state index >= 15 is 0 Å². The number of carbonyl (C=O) groups excluding carboxylic acids is 1. The van der Waals surface area contributed by atoms with E-state index < -0.39 is 11.5 Å². The van der Waals surface area contributed by atoms with Crippen molar-refractivity contribution in [1.82, 2.24) is 10.2 Å². The quantitative estimate of drug-likeness (QED) is 0.735. The Labute approximate surface area is 140 Å². The molecule has 0 spiro atoms. The average molecular weight is 343 g/mol. The summed E-state index contributed by atoms with van der Waals surface area (Å²) >= 11 is 1.25. The van der Waals surface area contributed by atoms with Crippen LogP contribution < -0.4 is 10.9 Å². The summed E-state index contributed by atoms with van der Waals surface area (Å²) in [4.78, 5) is 24.3. The molecule has 0 aliphatic carbocycles. The smallest absolute Gasteiger partial charge is 0.349 e. The number of carbonyl (C=O) groups is 1. The van der Waals surface area contributed by atoms with E-state index in [1.165, 1.54) is 17.4 Å². The summed E-state index contributed by atoms with van der Waals surface area (Å²) in [6, 6.07) is 8.53. The SMILES string of the molecule is O=C(Nc1nnc(C2CCCO2)s1)c1cc2ccccc2oc1=O.